The highest BCUT2D eigenvalue weighted by molar-refractivity contribution is 6.06. The van der Waals surface area contributed by atoms with Gasteiger partial charge in [-0.3, -0.25) is 9.59 Å². The van der Waals surface area contributed by atoms with E-state index in [9.17, 15) is 9.59 Å². The van der Waals surface area contributed by atoms with E-state index >= 15 is 0 Å². The molecule has 0 radical (unpaired) electrons. The summed E-state index contributed by atoms with van der Waals surface area (Å²) in [6.45, 7) is 2.55. The van der Waals surface area contributed by atoms with Crippen molar-refractivity contribution in [2.45, 2.75) is 13.3 Å². The first kappa shape index (κ1) is 17.6. The molecule has 0 bridgehead atoms. The number of furan rings is 1. The van der Waals surface area contributed by atoms with Crippen LogP contribution in [-0.4, -0.2) is 37.3 Å². The van der Waals surface area contributed by atoms with Crippen molar-refractivity contribution in [2.24, 2.45) is 0 Å². The van der Waals surface area contributed by atoms with E-state index < -0.39 is 11.9 Å². The standard InChI is InChI=1S/C17H19NO6/c1-11-10-24-14(9-15(19)20)16(11)17(21)18-12-4-3-5-13(8-12)23-7-6-22-2/h3-5,8,10H,6-7,9H2,1-2H3,(H,18,21)(H,19,20). The van der Waals surface area contributed by atoms with Gasteiger partial charge >= 0.3 is 5.97 Å². The van der Waals surface area contributed by atoms with Crippen LogP contribution >= 0.6 is 0 Å². The lowest BCUT2D eigenvalue weighted by Crippen LogP contribution is -2.15. The van der Waals surface area contributed by atoms with Gasteiger partial charge in [0.15, 0.2) is 0 Å². The van der Waals surface area contributed by atoms with E-state index in [-0.39, 0.29) is 17.7 Å². The topological polar surface area (TPSA) is 98.0 Å². The van der Waals surface area contributed by atoms with Crippen LogP contribution in [0.2, 0.25) is 0 Å². The van der Waals surface area contributed by atoms with Gasteiger partial charge in [-0.15, -0.1) is 0 Å². The van der Waals surface area contributed by atoms with E-state index in [0.29, 0.717) is 30.2 Å². The van der Waals surface area contributed by atoms with Gasteiger partial charge in [0, 0.05) is 24.4 Å². The molecule has 0 aliphatic heterocycles. The lowest BCUT2D eigenvalue weighted by Gasteiger charge is -2.09. The van der Waals surface area contributed by atoms with Gasteiger partial charge in [0.2, 0.25) is 0 Å². The summed E-state index contributed by atoms with van der Waals surface area (Å²) < 4.78 is 15.6. The summed E-state index contributed by atoms with van der Waals surface area (Å²) in [5.74, 6) is -0.761. The molecule has 0 atom stereocenters. The maximum Gasteiger partial charge on any atom is 0.311 e. The highest BCUT2D eigenvalue weighted by atomic mass is 16.5. The molecular formula is C17H19NO6. The third-order valence-corrected chi connectivity index (χ3v) is 3.24. The van der Waals surface area contributed by atoms with E-state index in [4.69, 9.17) is 19.0 Å². The molecule has 1 amide bonds. The third kappa shape index (κ3) is 4.60. The molecule has 0 saturated carbocycles. The predicted molar refractivity (Wildman–Crippen MR) is 86.6 cm³/mol. The van der Waals surface area contributed by atoms with Crippen LogP contribution in [0.15, 0.2) is 34.9 Å². The maximum atomic E-state index is 12.4. The molecule has 1 aromatic carbocycles. The molecule has 0 saturated heterocycles. The number of carboxylic acids is 1. The fourth-order valence-corrected chi connectivity index (χ4v) is 2.17. The number of aryl methyl sites for hydroxylation is 1. The van der Waals surface area contributed by atoms with Crippen LogP contribution in [0.4, 0.5) is 5.69 Å². The Labute approximate surface area is 139 Å². The van der Waals surface area contributed by atoms with Crippen LogP contribution in [0.1, 0.15) is 21.7 Å². The van der Waals surface area contributed by atoms with Crippen LogP contribution in [0.25, 0.3) is 0 Å². The summed E-state index contributed by atoms with van der Waals surface area (Å²) in [6.07, 6.45) is 1.02. The first-order valence-corrected chi connectivity index (χ1v) is 7.33. The number of ether oxygens (including phenoxy) is 2. The second kappa shape index (κ2) is 8.16. The number of carbonyl (C=O) groups is 2. The number of amides is 1. The summed E-state index contributed by atoms with van der Waals surface area (Å²) in [5.41, 5.74) is 1.36. The Bertz CT molecular complexity index is 722. The van der Waals surface area contributed by atoms with E-state index in [2.05, 4.69) is 5.32 Å². The van der Waals surface area contributed by atoms with E-state index in [0.717, 1.165) is 0 Å². The van der Waals surface area contributed by atoms with Crippen molar-refractivity contribution in [3.8, 4) is 5.75 Å². The number of carbonyl (C=O) groups excluding carboxylic acids is 1. The number of nitrogens with one attached hydrogen (secondary N) is 1. The number of aliphatic carboxylic acids is 1. The van der Waals surface area contributed by atoms with Crippen molar-refractivity contribution in [3.05, 3.63) is 47.4 Å². The van der Waals surface area contributed by atoms with Crippen LogP contribution in [0, 0.1) is 6.92 Å². The smallest absolute Gasteiger partial charge is 0.311 e. The Balaban J connectivity index is 2.11. The minimum atomic E-state index is -1.06. The van der Waals surface area contributed by atoms with Crippen LogP contribution in [0.3, 0.4) is 0 Å². The molecular weight excluding hydrogens is 314 g/mol. The Morgan fingerprint density at radius 3 is 2.79 bits per heavy atom. The molecule has 128 valence electrons. The number of methoxy groups -OCH3 is 1. The highest BCUT2D eigenvalue weighted by Crippen LogP contribution is 2.22. The third-order valence-electron chi connectivity index (χ3n) is 3.24. The number of carboxylic acid groups (broad SMARTS) is 1. The molecule has 2 rings (SSSR count). The van der Waals surface area contributed by atoms with Crippen molar-refractivity contribution in [1.29, 1.82) is 0 Å². The Morgan fingerprint density at radius 2 is 2.08 bits per heavy atom. The Hall–Kier alpha value is -2.80. The van der Waals surface area contributed by atoms with Crippen LogP contribution < -0.4 is 10.1 Å². The van der Waals surface area contributed by atoms with Crippen LogP contribution in [0.5, 0.6) is 5.75 Å². The van der Waals surface area contributed by atoms with Gasteiger partial charge < -0.3 is 24.3 Å². The van der Waals surface area contributed by atoms with E-state index in [1.54, 1.807) is 38.3 Å². The van der Waals surface area contributed by atoms with Gasteiger partial charge in [0.05, 0.1) is 18.4 Å². The van der Waals surface area contributed by atoms with Crippen molar-refractivity contribution in [2.75, 3.05) is 25.6 Å². The molecule has 1 aromatic heterocycles. The van der Waals surface area contributed by atoms with Crippen molar-refractivity contribution in [3.63, 3.8) is 0 Å². The SMILES string of the molecule is COCCOc1cccc(NC(=O)c2c(C)coc2CC(=O)O)c1. The molecule has 0 unspecified atom stereocenters. The molecule has 0 aliphatic rings. The summed E-state index contributed by atoms with van der Waals surface area (Å²) in [6, 6.07) is 6.91. The summed E-state index contributed by atoms with van der Waals surface area (Å²) in [7, 11) is 1.59. The Kier molecular flexibility index (Phi) is 5.97. The van der Waals surface area contributed by atoms with Gasteiger partial charge in [-0.05, 0) is 19.1 Å². The molecule has 24 heavy (non-hydrogen) atoms. The van der Waals surface area contributed by atoms with Gasteiger partial charge in [0.25, 0.3) is 5.91 Å². The van der Waals surface area contributed by atoms with Crippen LogP contribution in [-0.2, 0) is 16.0 Å². The summed E-state index contributed by atoms with van der Waals surface area (Å²) >= 11 is 0. The molecule has 0 fully saturated rings. The number of hydrogen-bond acceptors (Lipinski definition) is 5. The number of rotatable bonds is 8. The first-order valence-electron chi connectivity index (χ1n) is 7.33. The fraction of sp³-hybridized carbons (Fsp3) is 0.294. The molecule has 7 heteroatoms. The lowest BCUT2D eigenvalue weighted by molar-refractivity contribution is -0.136. The normalized spacial score (nSPS) is 10.4. The maximum absolute atomic E-state index is 12.4. The zero-order valence-corrected chi connectivity index (χ0v) is 13.5. The van der Waals surface area contributed by atoms with E-state index in [1.165, 1.54) is 6.26 Å². The predicted octanol–water partition coefficient (Wildman–Crippen LogP) is 2.49. The zero-order chi connectivity index (χ0) is 17.5. The minimum Gasteiger partial charge on any atom is -0.491 e. The summed E-state index contributed by atoms with van der Waals surface area (Å²) in [4.78, 5) is 23.3. The largest absolute Gasteiger partial charge is 0.491 e. The quantitative estimate of drug-likeness (QED) is 0.720. The van der Waals surface area contributed by atoms with Crippen molar-refractivity contribution < 1.29 is 28.6 Å². The van der Waals surface area contributed by atoms with Gasteiger partial charge in [0.1, 0.15) is 24.5 Å². The molecule has 2 aromatic rings. The highest BCUT2D eigenvalue weighted by Gasteiger charge is 2.20. The molecule has 7 nitrogen and oxygen atoms in total. The number of benzene rings is 1. The fourth-order valence-electron chi connectivity index (χ4n) is 2.17. The second-order valence-corrected chi connectivity index (χ2v) is 5.11. The number of anilines is 1. The molecule has 0 spiro atoms. The molecule has 0 aliphatic carbocycles. The monoisotopic (exact) mass is 333 g/mol. The van der Waals surface area contributed by atoms with Crippen molar-refractivity contribution in [1.82, 2.24) is 0 Å². The van der Waals surface area contributed by atoms with Gasteiger partial charge in [-0.1, -0.05) is 6.07 Å². The van der Waals surface area contributed by atoms with Gasteiger partial charge in [-0.25, -0.2) is 0 Å². The average molecular weight is 333 g/mol. The lowest BCUT2D eigenvalue weighted by atomic mass is 10.1. The second-order valence-electron chi connectivity index (χ2n) is 5.11. The molecule has 2 N–H and O–H groups in total. The number of hydrogen-bond donors (Lipinski definition) is 2. The zero-order valence-electron chi connectivity index (χ0n) is 13.5. The molecule has 1 heterocycles. The Morgan fingerprint density at radius 1 is 1.29 bits per heavy atom. The minimum absolute atomic E-state index is 0.130. The average Bonchev–Trinajstić information content (AvgIpc) is 2.88. The van der Waals surface area contributed by atoms with E-state index in [1.807, 2.05) is 0 Å². The first-order chi connectivity index (χ1) is 11.5. The van der Waals surface area contributed by atoms with Crippen molar-refractivity contribution >= 4 is 17.6 Å². The van der Waals surface area contributed by atoms with Gasteiger partial charge in [-0.2, -0.15) is 0 Å². The summed E-state index contributed by atoms with van der Waals surface area (Å²) in [5, 5.41) is 11.6.